The Morgan fingerprint density at radius 1 is 1.00 bits per heavy atom. The summed E-state index contributed by atoms with van der Waals surface area (Å²) in [6, 6.07) is 20.6. The highest BCUT2D eigenvalue weighted by Gasteiger charge is 2.10. The standard InChI is InChI=1S/C27H24N4O3/c1-18(30-19(2)32)9-10-20-11-13-24-23(15-20)27(29-17-28-24)31-21-12-14-25(26(16-21)33-3)34-22-7-5-4-6-8-22/h4-8,11-18H,1-3H3,(H,30,32)(H,28,29,31). The maximum Gasteiger partial charge on any atom is 0.217 e. The van der Waals surface area contributed by atoms with Gasteiger partial charge in [-0.3, -0.25) is 4.79 Å². The maximum absolute atomic E-state index is 11.2. The predicted molar refractivity (Wildman–Crippen MR) is 132 cm³/mol. The van der Waals surface area contributed by atoms with Gasteiger partial charge in [0.2, 0.25) is 5.91 Å². The zero-order valence-corrected chi connectivity index (χ0v) is 19.1. The molecular formula is C27H24N4O3. The van der Waals surface area contributed by atoms with Crippen molar-refractivity contribution in [2.45, 2.75) is 19.9 Å². The molecular weight excluding hydrogens is 428 g/mol. The number of carbonyl (C=O) groups excluding carboxylic acids is 1. The van der Waals surface area contributed by atoms with E-state index in [9.17, 15) is 4.79 Å². The molecule has 0 fully saturated rings. The molecule has 34 heavy (non-hydrogen) atoms. The number of hydrogen-bond donors (Lipinski definition) is 2. The number of rotatable bonds is 6. The molecule has 0 bridgehead atoms. The van der Waals surface area contributed by atoms with E-state index in [-0.39, 0.29) is 11.9 Å². The normalized spacial score (nSPS) is 11.1. The molecule has 1 aromatic heterocycles. The third-order valence-corrected chi connectivity index (χ3v) is 4.89. The lowest BCUT2D eigenvalue weighted by molar-refractivity contribution is -0.119. The van der Waals surface area contributed by atoms with E-state index in [1.54, 1.807) is 7.11 Å². The summed E-state index contributed by atoms with van der Waals surface area (Å²) < 4.78 is 11.5. The number of fused-ring (bicyclic) bond motifs is 1. The monoisotopic (exact) mass is 452 g/mol. The van der Waals surface area contributed by atoms with Gasteiger partial charge in [-0.05, 0) is 49.4 Å². The minimum Gasteiger partial charge on any atom is -0.493 e. The molecule has 3 aromatic carbocycles. The van der Waals surface area contributed by atoms with Crippen LogP contribution in [0.5, 0.6) is 17.2 Å². The van der Waals surface area contributed by atoms with E-state index in [1.807, 2.05) is 73.7 Å². The maximum atomic E-state index is 11.2. The van der Waals surface area contributed by atoms with Crippen LogP contribution in [-0.4, -0.2) is 29.0 Å². The Labute approximate surface area is 198 Å². The van der Waals surface area contributed by atoms with Gasteiger partial charge in [0.1, 0.15) is 17.9 Å². The van der Waals surface area contributed by atoms with Crippen LogP contribution >= 0.6 is 0 Å². The van der Waals surface area contributed by atoms with Gasteiger partial charge in [0.25, 0.3) is 0 Å². The van der Waals surface area contributed by atoms with Crippen molar-refractivity contribution in [3.05, 3.63) is 78.6 Å². The number of aromatic nitrogens is 2. The van der Waals surface area contributed by atoms with Crippen LogP contribution in [0.2, 0.25) is 0 Å². The molecule has 1 amide bonds. The Balaban J connectivity index is 1.60. The topological polar surface area (TPSA) is 85.4 Å². The first-order chi connectivity index (χ1) is 16.5. The van der Waals surface area contributed by atoms with E-state index in [4.69, 9.17) is 9.47 Å². The van der Waals surface area contributed by atoms with Gasteiger partial charge in [-0.15, -0.1) is 0 Å². The first-order valence-electron chi connectivity index (χ1n) is 10.7. The number of hydrogen-bond acceptors (Lipinski definition) is 6. The van der Waals surface area contributed by atoms with Crippen molar-refractivity contribution in [1.29, 1.82) is 0 Å². The molecule has 0 aliphatic carbocycles. The van der Waals surface area contributed by atoms with Gasteiger partial charge in [-0.25, -0.2) is 9.97 Å². The van der Waals surface area contributed by atoms with E-state index in [1.165, 1.54) is 13.3 Å². The first-order valence-corrected chi connectivity index (χ1v) is 10.7. The molecule has 4 rings (SSSR count). The molecule has 1 heterocycles. The van der Waals surface area contributed by atoms with Gasteiger partial charge < -0.3 is 20.1 Å². The highest BCUT2D eigenvalue weighted by molar-refractivity contribution is 5.91. The molecule has 0 aliphatic rings. The van der Waals surface area contributed by atoms with Gasteiger partial charge in [-0.1, -0.05) is 30.0 Å². The SMILES string of the molecule is COc1cc(Nc2ncnc3ccc(C#CC(C)NC(C)=O)cc23)ccc1Oc1ccccc1. The van der Waals surface area contributed by atoms with Crippen molar-refractivity contribution in [1.82, 2.24) is 15.3 Å². The van der Waals surface area contributed by atoms with Crippen molar-refractivity contribution in [3.8, 4) is 29.1 Å². The minimum absolute atomic E-state index is 0.115. The second-order valence-electron chi connectivity index (χ2n) is 7.55. The van der Waals surface area contributed by atoms with Gasteiger partial charge in [0, 0.05) is 29.6 Å². The second-order valence-corrected chi connectivity index (χ2v) is 7.55. The van der Waals surface area contributed by atoms with Crippen molar-refractivity contribution >= 4 is 28.3 Å². The summed E-state index contributed by atoms with van der Waals surface area (Å²) in [6.45, 7) is 3.31. The largest absolute Gasteiger partial charge is 0.493 e. The molecule has 0 saturated carbocycles. The molecule has 0 saturated heterocycles. The molecule has 0 aliphatic heterocycles. The number of methoxy groups -OCH3 is 1. The summed E-state index contributed by atoms with van der Waals surface area (Å²) in [7, 11) is 1.60. The van der Waals surface area contributed by atoms with Gasteiger partial charge in [0.05, 0.1) is 18.7 Å². The number of para-hydroxylation sites is 1. The van der Waals surface area contributed by atoms with Crippen molar-refractivity contribution < 1.29 is 14.3 Å². The van der Waals surface area contributed by atoms with E-state index in [0.29, 0.717) is 17.3 Å². The molecule has 7 heteroatoms. The van der Waals surface area contributed by atoms with Crippen LogP contribution in [0.1, 0.15) is 19.4 Å². The molecule has 2 N–H and O–H groups in total. The first kappa shape index (κ1) is 22.6. The molecule has 1 atom stereocenters. The second kappa shape index (κ2) is 10.4. The minimum atomic E-state index is -0.248. The lowest BCUT2D eigenvalue weighted by Crippen LogP contribution is -2.28. The third kappa shape index (κ3) is 5.61. The molecule has 0 spiro atoms. The van der Waals surface area contributed by atoms with Gasteiger partial charge in [-0.2, -0.15) is 0 Å². The van der Waals surface area contributed by atoms with Gasteiger partial charge >= 0.3 is 0 Å². The van der Waals surface area contributed by atoms with Crippen LogP contribution in [0.25, 0.3) is 10.9 Å². The fourth-order valence-corrected chi connectivity index (χ4v) is 3.35. The Morgan fingerprint density at radius 2 is 1.82 bits per heavy atom. The molecule has 1 unspecified atom stereocenters. The quantitative estimate of drug-likeness (QED) is 0.398. The van der Waals surface area contributed by atoms with Crippen LogP contribution in [-0.2, 0) is 4.79 Å². The fraction of sp³-hybridized carbons (Fsp3) is 0.148. The summed E-state index contributed by atoms with van der Waals surface area (Å²) in [4.78, 5) is 20.0. The van der Waals surface area contributed by atoms with E-state index in [2.05, 4.69) is 32.4 Å². The lowest BCUT2D eigenvalue weighted by Gasteiger charge is -2.13. The summed E-state index contributed by atoms with van der Waals surface area (Å²) >= 11 is 0. The zero-order valence-electron chi connectivity index (χ0n) is 19.1. The smallest absolute Gasteiger partial charge is 0.217 e. The van der Waals surface area contributed by atoms with E-state index < -0.39 is 0 Å². The summed E-state index contributed by atoms with van der Waals surface area (Å²) in [6.07, 6.45) is 1.51. The van der Waals surface area contributed by atoms with Gasteiger partial charge in [0.15, 0.2) is 11.5 Å². The number of benzene rings is 3. The third-order valence-electron chi connectivity index (χ3n) is 4.89. The van der Waals surface area contributed by atoms with E-state index in [0.717, 1.165) is 27.9 Å². The Bertz CT molecular complexity index is 1380. The molecule has 4 aromatic rings. The summed E-state index contributed by atoms with van der Waals surface area (Å²) in [5, 5.41) is 6.92. The highest BCUT2D eigenvalue weighted by Crippen LogP contribution is 2.35. The van der Waals surface area contributed by atoms with Crippen LogP contribution in [0.15, 0.2) is 73.1 Å². The lowest BCUT2D eigenvalue weighted by atomic mass is 10.1. The van der Waals surface area contributed by atoms with Crippen molar-refractivity contribution in [3.63, 3.8) is 0 Å². The zero-order chi connectivity index (χ0) is 23.9. The number of anilines is 2. The average molecular weight is 453 g/mol. The Morgan fingerprint density at radius 3 is 2.59 bits per heavy atom. The summed E-state index contributed by atoms with van der Waals surface area (Å²) in [5.74, 6) is 8.58. The molecule has 7 nitrogen and oxygen atoms in total. The number of amides is 1. The van der Waals surface area contributed by atoms with Crippen molar-refractivity contribution in [2.24, 2.45) is 0 Å². The summed E-state index contributed by atoms with van der Waals surface area (Å²) in [5.41, 5.74) is 2.37. The fourth-order valence-electron chi connectivity index (χ4n) is 3.35. The Kier molecular flexibility index (Phi) is 6.89. The Hall–Kier alpha value is -4.57. The number of carbonyl (C=O) groups is 1. The van der Waals surface area contributed by atoms with E-state index >= 15 is 0 Å². The van der Waals surface area contributed by atoms with Crippen LogP contribution in [0, 0.1) is 11.8 Å². The van der Waals surface area contributed by atoms with Crippen molar-refractivity contribution in [2.75, 3.05) is 12.4 Å². The van der Waals surface area contributed by atoms with Crippen LogP contribution in [0.3, 0.4) is 0 Å². The highest BCUT2D eigenvalue weighted by atomic mass is 16.5. The molecule has 0 radical (unpaired) electrons. The predicted octanol–water partition coefficient (Wildman–Crippen LogP) is 5.05. The van der Waals surface area contributed by atoms with Crippen LogP contribution in [0.4, 0.5) is 11.5 Å². The average Bonchev–Trinajstić information content (AvgIpc) is 2.84. The van der Waals surface area contributed by atoms with Crippen LogP contribution < -0.4 is 20.1 Å². The number of nitrogens with one attached hydrogen (secondary N) is 2. The number of ether oxygens (including phenoxy) is 2. The molecule has 170 valence electrons. The number of nitrogens with zero attached hydrogens (tertiary/aromatic N) is 2.